The molecule has 0 aliphatic heterocycles. The Kier molecular flexibility index (Phi) is 13.2. The topological polar surface area (TPSA) is 273 Å². The van der Waals surface area contributed by atoms with E-state index in [0.717, 1.165) is 0 Å². The lowest BCUT2D eigenvalue weighted by Crippen LogP contribution is -2.60. The fourth-order valence-electron chi connectivity index (χ4n) is 2.75. The second kappa shape index (κ2) is 14.6. The van der Waals surface area contributed by atoms with E-state index in [9.17, 15) is 34.2 Å². The number of carbonyl (C=O) groups excluding carboxylic acids is 3. The number of carboxylic acids is 2. The molecule has 0 spiro atoms. The lowest BCUT2D eigenvalue weighted by molar-refractivity contribution is -0.143. The van der Waals surface area contributed by atoms with Gasteiger partial charge in [-0.05, 0) is 25.7 Å². The van der Waals surface area contributed by atoms with Crippen molar-refractivity contribution in [1.29, 1.82) is 0 Å². The Morgan fingerprint density at radius 3 is 1.85 bits per heavy atom. The third kappa shape index (κ3) is 11.4. The molecule has 3 amide bonds. The summed E-state index contributed by atoms with van der Waals surface area (Å²) in [5.74, 6) is -6.01. The fraction of sp³-hybridized carbons (Fsp3) is 0.684. The summed E-state index contributed by atoms with van der Waals surface area (Å²) in [7, 11) is 0. The van der Waals surface area contributed by atoms with Crippen molar-refractivity contribution in [3.63, 3.8) is 0 Å². The molecule has 5 unspecified atom stereocenters. The van der Waals surface area contributed by atoms with Gasteiger partial charge in [-0.25, -0.2) is 4.79 Å². The summed E-state index contributed by atoms with van der Waals surface area (Å²) in [5, 5.41) is 35.0. The largest absolute Gasteiger partial charge is 0.481 e. The van der Waals surface area contributed by atoms with Crippen LogP contribution in [0.25, 0.3) is 0 Å². The van der Waals surface area contributed by atoms with Gasteiger partial charge in [0.15, 0.2) is 5.96 Å². The van der Waals surface area contributed by atoms with E-state index in [1.165, 1.54) is 6.92 Å². The monoisotopic (exact) mass is 489 g/mol. The van der Waals surface area contributed by atoms with Crippen LogP contribution in [-0.4, -0.2) is 87.8 Å². The molecule has 0 aliphatic carbocycles. The van der Waals surface area contributed by atoms with Gasteiger partial charge in [0.05, 0.1) is 18.6 Å². The number of aliphatic imine (C=N–C) groups is 1. The van der Waals surface area contributed by atoms with Crippen molar-refractivity contribution in [3.05, 3.63) is 0 Å². The molecule has 0 aromatic carbocycles. The molecule has 0 aromatic rings. The number of aliphatic hydroxyl groups excluding tert-OH is 1. The van der Waals surface area contributed by atoms with E-state index in [1.807, 2.05) is 0 Å². The highest BCUT2D eigenvalue weighted by molar-refractivity contribution is 5.95. The Balaban J connectivity index is 5.31. The van der Waals surface area contributed by atoms with Gasteiger partial charge in [-0.15, -0.1) is 0 Å². The van der Waals surface area contributed by atoms with Crippen LogP contribution in [-0.2, 0) is 24.0 Å². The molecular weight excluding hydrogens is 454 g/mol. The SMILES string of the molecule is CC(C)C(NC(=O)C(N)CC(=O)O)C(=O)NC(C(=O)NC(CCCN=C(N)N)C(=O)O)C(C)O. The van der Waals surface area contributed by atoms with Gasteiger partial charge in [-0.2, -0.15) is 0 Å². The number of nitrogens with one attached hydrogen (secondary N) is 3. The molecule has 0 aromatic heterocycles. The summed E-state index contributed by atoms with van der Waals surface area (Å²) >= 11 is 0. The van der Waals surface area contributed by atoms with Gasteiger partial charge in [0.2, 0.25) is 17.7 Å². The van der Waals surface area contributed by atoms with E-state index in [0.29, 0.717) is 0 Å². The van der Waals surface area contributed by atoms with E-state index < -0.39 is 72.3 Å². The predicted octanol–water partition coefficient (Wildman–Crippen LogP) is -3.58. The molecule has 34 heavy (non-hydrogen) atoms. The van der Waals surface area contributed by atoms with E-state index in [4.69, 9.17) is 22.3 Å². The molecule has 15 nitrogen and oxygen atoms in total. The van der Waals surface area contributed by atoms with Gasteiger partial charge >= 0.3 is 11.9 Å². The number of rotatable bonds is 15. The maximum Gasteiger partial charge on any atom is 0.326 e. The molecule has 194 valence electrons. The number of carboxylic acid groups (broad SMARTS) is 2. The van der Waals surface area contributed by atoms with Crippen LogP contribution < -0.4 is 33.2 Å². The average Bonchev–Trinajstić information content (AvgIpc) is 2.70. The summed E-state index contributed by atoms with van der Waals surface area (Å²) in [6, 6.07) is -5.50. The minimum Gasteiger partial charge on any atom is -0.481 e. The van der Waals surface area contributed by atoms with Crippen molar-refractivity contribution in [3.8, 4) is 0 Å². The average molecular weight is 490 g/mol. The molecule has 0 aliphatic rings. The smallest absolute Gasteiger partial charge is 0.326 e. The quantitative estimate of drug-likeness (QED) is 0.0616. The summed E-state index contributed by atoms with van der Waals surface area (Å²) < 4.78 is 0. The van der Waals surface area contributed by atoms with Crippen molar-refractivity contribution in [2.24, 2.45) is 28.1 Å². The predicted molar refractivity (Wildman–Crippen MR) is 120 cm³/mol. The molecule has 12 N–H and O–H groups in total. The van der Waals surface area contributed by atoms with E-state index >= 15 is 0 Å². The van der Waals surface area contributed by atoms with Crippen molar-refractivity contribution in [2.45, 2.75) is 70.3 Å². The Morgan fingerprint density at radius 1 is 0.882 bits per heavy atom. The van der Waals surface area contributed by atoms with Crippen LogP contribution in [0.4, 0.5) is 0 Å². The summed E-state index contributed by atoms with van der Waals surface area (Å²) in [6.07, 6.45) is -1.86. The summed E-state index contributed by atoms with van der Waals surface area (Å²) in [6.45, 7) is 4.52. The van der Waals surface area contributed by atoms with Gasteiger partial charge < -0.3 is 48.5 Å². The van der Waals surface area contributed by atoms with Crippen molar-refractivity contribution >= 4 is 35.6 Å². The van der Waals surface area contributed by atoms with Gasteiger partial charge in [-0.3, -0.25) is 24.2 Å². The first-order valence-electron chi connectivity index (χ1n) is 10.5. The Morgan fingerprint density at radius 2 is 1.41 bits per heavy atom. The van der Waals surface area contributed by atoms with Crippen LogP contribution in [0.2, 0.25) is 0 Å². The molecule has 5 atom stereocenters. The second-order valence-corrected chi connectivity index (χ2v) is 8.01. The van der Waals surface area contributed by atoms with Crippen LogP contribution in [0.15, 0.2) is 4.99 Å². The van der Waals surface area contributed by atoms with Crippen LogP contribution >= 0.6 is 0 Å². The first kappa shape index (κ1) is 30.5. The molecule has 0 heterocycles. The third-order valence-electron chi connectivity index (χ3n) is 4.60. The van der Waals surface area contributed by atoms with Crippen molar-refractivity contribution in [2.75, 3.05) is 6.54 Å². The standard InChI is InChI=1S/C19H35N7O8/c1-8(2)13(25-15(30)10(20)7-12(28)29)16(31)26-14(9(3)27)17(32)24-11(18(33)34)5-4-6-23-19(21)22/h8-11,13-14,27H,4-7,20H2,1-3H3,(H,24,32)(H,25,30)(H,26,31)(H,28,29)(H,33,34)(H4,21,22,23). The number of hydrogen-bond donors (Lipinski definition) is 9. The number of aliphatic carboxylic acids is 2. The Labute approximate surface area is 196 Å². The molecule has 0 rings (SSSR count). The van der Waals surface area contributed by atoms with Gasteiger partial charge in [0.25, 0.3) is 0 Å². The molecule has 0 saturated heterocycles. The maximum atomic E-state index is 12.7. The zero-order valence-corrected chi connectivity index (χ0v) is 19.4. The molecule has 0 radical (unpaired) electrons. The van der Waals surface area contributed by atoms with Crippen molar-refractivity contribution < 1.29 is 39.3 Å². The maximum absolute atomic E-state index is 12.7. The third-order valence-corrected chi connectivity index (χ3v) is 4.60. The molecule has 0 bridgehead atoms. The van der Waals surface area contributed by atoms with Crippen LogP contribution in [0.3, 0.4) is 0 Å². The van der Waals surface area contributed by atoms with E-state index in [-0.39, 0.29) is 25.3 Å². The summed E-state index contributed by atoms with van der Waals surface area (Å²) in [4.78, 5) is 63.5. The molecule has 0 saturated carbocycles. The first-order chi connectivity index (χ1) is 15.7. The van der Waals surface area contributed by atoms with Crippen LogP contribution in [0, 0.1) is 5.92 Å². The zero-order chi connectivity index (χ0) is 26.6. The lowest BCUT2D eigenvalue weighted by atomic mass is 10.0. The fourth-order valence-corrected chi connectivity index (χ4v) is 2.75. The zero-order valence-electron chi connectivity index (χ0n) is 19.4. The van der Waals surface area contributed by atoms with Gasteiger partial charge in [0.1, 0.15) is 18.1 Å². The number of nitrogens with two attached hydrogens (primary N) is 3. The second-order valence-electron chi connectivity index (χ2n) is 8.01. The highest BCUT2D eigenvalue weighted by atomic mass is 16.4. The lowest BCUT2D eigenvalue weighted by Gasteiger charge is -2.28. The molecule has 15 heteroatoms. The molecule has 0 fully saturated rings. The van der Waals surface area contributed by atoms with Crippen LogP contribution in [0.1, 0.15) is 40.0 Å². The summed E-state index contributed by atoms with van der Waals surface area (Å²) in [5.41, 5.74) is 15.9. The Hall–Kier alpha value is -3.46. The normalized spacial score (nSPS) is 15.2. The number of amides is 3. The molecular formula is C19H35N7O8. The highest BCUT2D eigenvalue weighted by Crippen LogP contribution is 2.06. The van der Waals surface area contributed by atoms with E-state index in [1.54, 1.807) is 13.8 Å². The number of carbonyl (C=O) groups is 5. The number of aliphatic hydroxyl groups is 1. The number of hydrogen-bond acceptors (Lipinski definition) is 8. The number of nitrogens with zero attached hydrogens (tertiary/aromatic N) is 1. The van der Waals surface area contributed by atoms with Crippen molar-refractivity contribution in [1.82, 2.24) is 16.0 Å². The van der Waals surface area contributed by atoms with Gasteiger partial charge in [0, 0.05) is 6.54 Å². The van der Waals surface area contributed by atoms with E-state index in [2.05, 4.69) is 20.9 Å². The Bertz CT molecular complexity index is 768. The highest BCUT2D eigenvalue weighted by Gasteiger charge is 2.33. The minimum absolute atomic E-state index is 0.0233. The minimum atomic E-state index is -1.54. The number of guanidine groups is 1. The van der Waals surface area contributed by atoms with Gasteiger partial charge in [-0.1, -0.05) is 13.8 Å². The first-order valence-corrected chi connectivity index (χ1v) is 10.5. The van der Waals surface area contributed by atoms with Crippen LogP contribution in [0.5, 0.6) is 0 Å².